The zero-order valence-electron chi connectivity index (χ0n) is 17.4. The van der Waals surface area contributed by atoms with Gasteiger partial charge in [0.05, 0.1) is 6.21 Å². The van der Waals surface area contributed by atoms with Crippen LogP contribution in [-0.2, 0) is 4.79 Å². The largest absolute Gasteiger partial charge is 0.507 e. The van der Waals surface area contributed by atoms with Gasteiger partial charge in [0.15, 0.2) is 0 Å². The minimum absolute atomic E-state index is 0.0152. The number of nitrogens with one attached hydrogen (secondary N) is 1. The molecule has 0 atom stereocenters. The van der Waals surface area contributed by atoms with E-state index in [2.05, 4.69) is 10.5 Å². The molecular weight excluding hydrogens is 390 g/mol. The van der Waals surface area contributed by atoms with Crippen molar-refractivity contribution in [3.05, 3.63) is 77.4 Å². The molecule has 6 nitrogen and oxygen atoms in total. The summed E-state index contributed by atoms with van der Waals surface area (Å²) in [6, 6.07) is 18.7. The zero-order valence-corrected chi connectivity index (χ0v) is 17.4. The maximum absolute atomic E-state index is 12.7. The van der Waals surface area contributed by atoms with Gasteiger partial charge in [-0.25, -0.2) is 5.43 Å². The smallest absolute Gasteiger partial charge is 0.254 e. The molecule has 0 unspecified atom stereocenters. The third-order valence-electron chi connectivity index (χ3n) is 5.84. The molecule has 1 aliphatic rings. The Kier molecular flexibility index (Phi) is 5.98. The molecule has 158 valence electrons. The van der Waals surface area contributed by atoms with Crippen molar-refractivity contribution >= 4 is 28.8 Å². The third-order valence-corrected chi connectivity index (χ3v) is 5.84. The molecule has 1 saturated heterocycles. The standard InChI is InChI=1S/C25H25N3O3/c1-17-6-2-4-8-20(17)25(31)28-14-12-19(13-15-28)24(30)27-26-16-22-21-9-5-3-7-18(21)10-11-23(22)29/h2-11,16,19,29H,12-15H2,1H3,(H,27,30)/b26-16-. The lowest BCUT2D eigenvalue weighted by Gasteiger charge is -2.31. The molecule has 2 N–H and O–H groups in total. The van der Waals surface area contributed by atoms with E-state index in [0.29, 0.717) is 37.1 Å². The predicted molar refractivity (Wildman–Crippen MR) is 121 cm³/mol. The number of carbonyl (C=O) groups is 2. The Balaban J connectivity index is 1.35. The number of phenolic OH excluding ortho intramolecular Hbond substituents is 1. The minimum atomic E-state index is -0.195. The summed E-state index contributed by atoms with van der Waals surface area (Å²) in [6.45, 7) is 3.01. The predicted octanol–water partition coefficient (Wildman–Crippen LogP) is 3.86. The van der Waals surface area contributed by atoms with Crippen molar-refractivity contribution in [3.8, 4) is 5.75 Å². The van der Waals surface area contributed by atoms with Crippen molar-refractivity contribution < 1.29 is 14.7 Å². The highest BCUT2D eigenvalue weighted by Crippen LogP contribution is 2.25. The van der Waals surface area contributed by atoms with E-state index in [1.165, 1.54) is 6.21 Å². The van der Waals surface area contributed by atoms with Crippen LogP contribution >= 0.6 is 0 Å². The molecule has 3 aromatic carbocycles. The topological polar surface area (TPSA) is 82.0 Å². The van der Waals surface area contributed by atoms with Crippen molar-refractivity contribution in [3.63, 3.8) is 0 Å². The number of hydrazone groups is 1. The monoisotopic (exact) mass is 415 g/mol. The van der Waals surface area contributed by atoms with Crippen LogP contribution in [0.25, 0.3) is 10.8 Å². The van der Waals surface area contributed by atoms with E-state index < -0.39 is 0 Å². The van der Waals surface area contributed by atoms with Crippen molar-refractivity contribution in [1.82, 2.24) is 10.3 Å². The molecule has 31 heavy (non-hydrogen) atoms. The summed E-state index contributed by atoms with van der Waals surface area (Å²) < 4.78 is 0. The summed E-state index contributed by atoms with van der Waals surface area (Å²) in [5.74, 6) is -0.237. The normalized spacial score (nSPS) is 14.8. The number of nitrogens with zero attached hydrogens (tertiary/aromatic N) is 2. The van der Waals surface area contributed by atoms with Crippen LogP contribution in [0.2, 0.25) is 0 Å². The molecule has 0 aliphatic carbocycles. The van der Waals surface area contributed by atoms with Crippen LogP contribution in [0.15, 0.2) is 65.8 Å². The Morgan fingerprint density at radius 2 is 1.74 bits per heavy atom. The summed E-state index contributed by atoms with van der Waals surface area (Å²) in [4.78, 5) is 27.1. The summed E-state index contributed by atoms with van der Waals surface area (Å²) >= 11 is 0. The molecule has 0 aromatic heterocycles. The van der Waals surface area contributed by atoms with Crippen LogP contribution in [0.4, 0.5) is 0 Å². The van der Waals surface area contributed by atoms with Gasteiger partial charge < -0.3 is 10.0 Å². The summed E-state index contributed by atoms with van der Waals surface area (Å²) in [5.41, 5.74) is 4.83. The van der Waals surface area contributed by atoms with Crippen LogP contribution in [0.1, 0.15) is 34.3 Å². The molecule has 1 heterocycles. The maximum atomic E-state index is 12.7. The van der Waals surface area contributed by atoms with Gasteiger partial charge in [0.2, 0.25) is 5.91 Å². The van der Waals surface area contributed by atoms with Crippen molar-refractivity contribution in [1.29, 1.82) is 0 Å². The molecule has 1 aliphatic heterocycles. The minimum Gasteiger partial charge on any atom is -0.507 e. The highest BCUT2D eigenvalue weighted by molar-refractivity contribution is 6.02. The number of amides is 2. The van der Waals surface area contributed by atoms with Crippen LogP contribution in [-0.4, -0.2) is 41.1 Å². The van der Waals surface area contributed by atoms with Gasteiger partial charge in [-0.3, -0.25) is 9.59 Å². The first kappa shape index (κ1) is 20.6. The third kappa shape index (κ3) is 4.43. The number of benzene rings is 3. The van der Waals surface area contributed by atoms with Gasteiger partial charge in [-0.05, 0) is 48.2 Å². The number of aryl methyl sites for hydroxylation is 1. The number of fused-ring (bicyclic) bond motifs is 1. The van der Waals surface area contributed by atoms with Crippen LogP contribution < -0.4 is 5.43 Å². The summed E-state index contributed by atoms with van der Waals surface area (Å²) in [5, 5.41) is 16.1. The first-order valence-electron chi connectivity index (χ1n) is 10.4. The lowest BCUT2D eigenvalue weighted by atomic mass is 9.95. The number of phenols is 1. The molecule has 0 radical (unpaired) electrons. The summed E-state index contributed by atoms with van der Waals surface area (Å²) in [7, 11) is 0. The first-order chi connectivity index (χ1) is 15.0. The fourth-order valence-electron chi connectivity index (χ4n) is 4.00. The Hall–Kier alpha value is -3.67. The SMILES string of the molecule is Cc1ccccc1C(=O)N1CCC(C(=O)N/N=C\c2c(O)ccc3ccccc23)CC1. The van der Waals surface area contributed by atoms with E-state index in [0.717, 1.165) is 16.3 Å². The number of carbonyl (C=O) groups excluding carboxylic acids is 2. The quantitative estimate of drug-likeness (QED) is 0.502. The zero-order chi connectivity index (χ0) is 21.8. The lowest BCUT2D eigenvalue weighted by Crippen LogP contribution is -2.42. The van der Waals surface area contributed by atoms with E-state index >= 15 is 0 Å². The van der Waals surface area contributed by atoms with E-state index in [1.807, 2.05) is 66.4 Å². The molecule has 3 aromatic rings. The molecule has 1 fully saturated rings. The fourth-order valence-corrected chi connectivity index (χ4v) is 4.00. The Labute approximate surface area is 181 Å². The second kappa shape index (κ2) is 9.00. The highest BCUT2D eigenvalue weighted by atomic mass is 16.3. The number of hydrogen-bond donors (Lipinski definition) is 2. The Morgan fingerprint density at radius 1 is 1.03 bits per heavy atom. The Morgan fingerprint density at radius 3 is 2.52 bits per heavy atom. The van der Waals surface area contributed by atoms with Crippen molar-refractivity contribution in [2.24, 2.45) is 11.0 Å². The number of rotatable bonds is 4. The van der Waals surface area contributed by atoms with Crippen LogP contribution in [0.3, 0.4) is 0 Å². The van der Waals surface area contributed by atoms with Gasteiger partial charge in [-0.15, -0.1) is 0 Å². The molecule has 4 rings (SSSR count). The van der Waals surface area contributed by atoms with E-state index in [9.17, 15) is 14.7 Å². The maximum Gasteiger partial charge on any atom is 0.254 e. The van der Waals surface area contributed by atoms with Gasteiger partial charge in [-0.1, -0.05) is 48.5 Å². The van der Waals surface area contributed by atoms with Crippen LogP contribution in [0.5, 0.6) is 5.75 Å². The van der Waals surface area contributed by atoms with E-state index in [-0.39, 0.29) is 23.5 Å². The molecule has 0 bridgehead atoms. The van der Waals surface area contributed by atoms with Gasteiger partial charge in [-0.2, -0.15) is 5.10 Å². The number of piperidine rings is 1. The molecule has 2 amide bonds. The second-order valence-corrected chi connectivity index (χ2v) is 7.84. The van der Waals surface area contributed by atoms with Crippen molar-refractivity contribution in [2.45, 2.75) is 19.8 Å². The number of hydrogen-bond acceptors (Lipinski definition) is 4. The van der Waals surface area contributed by atoms with Gasteiger partial charge >= 0.3 is 0 Å². The first-order valence-corrected chi connectivity index (χ1v) is 10.4. The average molecular weight is 415 g/mol. The number of aromatic hydroxyl groups is 1. The highest BCUT2D eigenvalue weighted by Gasteiger charge is 2.28. The fraction of sp³-hybridized carbons (Fsp3) is 0.240. The van der Waals surface area contributed by atoms with E-state index in [1.54, 1.807) is 6.07 Å². The Bertz CT molecular complexity index is 1150. The van der Waals surface area contributed by atoms with Crippen LogP contribution in [0, 0.1) is 12.8 Å². The van der Waals surface area contributed by atoms with Gasteiger partial charge in [0.1, 0.15) is 5.75 Å². The lowest BCUT2D eigenvalue weighted by molar-refractivity contribution is -0.126. The van der Waals surface area contributed by atoms with Crippen molar-refractivity contribution in [2.75, 3.05) is 13.1 Å². The molecule has 0 spiro atoms. The van der Waals surface area contributed by atoms with Gasteiger partial charge in [0, 0.05) is 30.1 Å². The van der Waals surface area contributed by atoms with Gasteiger partial charge in [0.25, 0.3) is 5.91 Å². The molecular formula is C25H25N3O3. The summed E-state index contributed by atoms with van der Waals surface area (Å²) in [6.07, 6.45) is 2.67. The molecule has 0 saturated carbocycles. The second-order valence-electron chi connectivity index (χ2n) is 7.84. The average Bonchev–Trinajstić information content (AvgIpc) is 2.80. The number of likely N-dealkylation sites (tertiary alicyclic amines) is 1. The van der Waals surface area contributed by atoms with E-state index in [4.69, 9.17) is 0 Å². The molecule has 6 heteroatoms.